The lowest BCUT2D eigenvalue weighted by Gasteiger charge is -2.27. The summed E-state index contributed by atoms with van der Waals surface area (Å²) < 4.78 is 5.41. The van der Waals surface area contributed by atoms with Crippen molar-refractivity contribution in [2.24, 2.45) is 23.5 Å². The van der Waals surface area contributed by atoms with Gasteiger partial charge >= 0.3 is 0 Å². The minimum atomic E-state index is 0.635. The summed E-state index contributed by atoms with van der Waals surface area (Å²) in [5, 5.41) is 0. The van der Waals surface area contributed by atoms with Gasteiger partial charge in [-0.3, -0.25) is 0 Å². The third-order valence-corrected chi connectivity index (χ3v) is 4.31. The first-order chi connectivity index (χ1) is 7.79. The Morgan fingerprint density at radius 2 is 2.12 bits per heavy atom. The number of hydrogen-bond acceptors (Lipinski definition) is 3. The fourth-order valence-electron chi connectivity index (χ4n) is 3.50. The van der Waals surface area contributed by atoms with E-state index in [2.05, 4.69) is 11.9 Å². The molecule has 3 unspecified atom stereocenters. The van der Waals surface area contributed by atoms with Crippen LogP contribution in [0.5, 0.6) is 0 Å². The molecule has 0 heterocycles. The highest BCUT2D eigenvalue weighted by Gasteiger charge is 2.39. The van der Waals surface area contributed by atoms with Crippen molar-refractivity contribution in [2.45, 2.75) is 25.7 Å². The Labute approximate surface area is 99.3 Å². The molecule has 2 saturated carbocycles. The van der Waals surface area contributed by atoms with E-state index in [1.165, 1.54) is 32.2 Å². The molecule has 2 aliphatic carbocycles. The van der Waals surface area contributed by atoms with Crippen LogP contribution in [0.15, 0.2) is 0 Å². The number of nitrogens with zero attached hydrogens (tertiary/aromatic N) is 1. The number of ether oxygens (including phenoxy) is 1. The van der Waals surface area contributed by atoms with Gasteiger partial charge in [-0.1, -0.05) is 6.42 Å². The molecule has 2 rings (SSSR count). The van der Waals surface area contributed by atoms with Crippen LogP contribution >= 0.6 is 0 Å². The number of nitrogens with two attached hydrogens (primary N) is 1. The molecule has 0 aromatic rings. The first-order valence-corrected chi connectivity index (χ1v) is 6.76. The third kappa shape index (κ3) is 3.19. The van der Waals surface area contributed by atoms with Gasteiger partial charge in [0.25, 0.3) is 0 Å². The van der Waals surface area contributed by atoms with Gasteiger partial charge in [-0.05, 0) is 44.1 Å². The van der Waals surface area contributed by atoms with E-state index in [0.717, 1.165) is 30.9 Å². The maximum atomic E-state index is 5.41. The summed E-state index contributed by atoms with van der Waals surface area (Å²) in [6, 6.07) is 0. The fourth-order valence-corrected chi connectivity index (χ4v) is 3.50. The second-order valence-corrected chi connectivity index (χ2v) is 5.60. The van der Waals surface area contributed by atoms with Gasteiger partial charge in [0.15, 0.2) is 0 Å². The van der Waals surface area contributed by atoms with Crippen molar-refractivity contribution in [3.05, 3.63) is 0 Å². The number of hydrogen-bond donors (Lipinski definition) is 1. The molecular formula is C13H26N2O. The Bertz CT molecular complexity index is 210. The predicted molar refractivity (Wildman–Crippen MR) is 66.3 cm³/mol. The summed E-state index contributed by atoms with van der Waals surface area (Å²) in [5.41, 5.74) is 5.38. The van der Waals surface area contributed by atoms with E-state index in [0.29, 0.717) is 13.2 Å². The first-order valence-electron chi connectivity index (χ1n) is 6.76. The highest BCUT2D eigenvalue weighted by atomic mass is 16.5. The van der Waals surface area contributed by atoms with Crippen molar-refractivity contribution in [1.29, 1.82) is 0 Å². The van der Waals surface area contributed by atoms with Gasteiger partial charge < -0.3 is 15.4 Å². The van der Waals surface area contributed by atoms with Crippen molar-refractivity contribution in [3.63, 3.8) is 0 Å². The molecule has 0 radical (unpaired) electrons. The van der Waals surface area contributed by atoms with Crippen LogP contribution < -0.4 is 5.73 Å². The van der Waals surface area contributed by atoms with Crippen LogP contribution in [0, 0.1) is 17.8 Å². The predicted octanol–water partition coefficient (Wildman–Crippen LogP) is 1.33. The molecule has 16 heavy (non-hydrogen) atoms. The Kier molecular flexibility index (Phi) is 4.62. The zero-order valence-electron chi connectivity index (χ0n) is 10.5. The Hall–Kier alpha value is -0.120. The molecule has 3 nitrogen and oxygen atoms in total. The highest BCUT2D eigenvalue weighted by Crippen LogP contribution is 2.48. The van der Waals surface area contributed by atoms with Gasteiger partial charge in [-0.2, -0.15) is 0 Å². The van der Waals surface area contributed by atoms with Gasteiger partial charge in [0.05, 0.1) is 13.2 Å². The molecule has 0 amide bonds. The second-order valence-electron chi connectivity index (χ2n) is 5.60. The topological polar surface area (TPSA) is 38.5 Å². The molecule has 0 saturated heterocycles. The molecule has 94 valence electrons. The summed E-state index contributed by atoms with van der Waals surface area (Å²) >= 11 is 0. The molecule has 0 aromatic carbocycles. The first kappa shape index (κ1) is 12.3. The molecular weight excluding hydrogens is 200 g/mol. The highest BCUT2D eigenvalue weighted by molar-refractivity contribution is 4.90. The zero-order chi connectivity index (χ0) is 11.4. The Morgan fingerprint density at radius 3 is 2.75 bits per heavy atom. The number of likely N-dealkylation sites (N-methyl/N-ethyl adjacent to an activating group) is 1. The van der Waals surface area contributed by atoms with E-state index in [-0.39, 0.29) is 0 Å². The van der Waals surface area contributed by atoms with Gasteiger partial charge in [-0.25, -0.2) is 0 Å². The van der Waals surface area contributed by atoms with Crippen molar-refractivity contribution < 1.29 is 4.74 Å². The van der Waals surface area contributed by atoms with Crippen LogP contribution in [-0.2, 0) is 4.74 Å². The molecule has 2 bridgehead atoms. The summed E-state index contributed by atoms with van der Waals surface area (Å²) in [6.45, 7) is 4.48. The van der Waals surface area contributed by atoms with Crippen molar-refractivity contribution in [1.82, 2.24) is 4.90 Å². The van der Waals surface area contributed by atoms with Crippen LogP contribution in [-0.4, -0.2) is 44.8 Å². The van der Waals surface area contributed by atoms with Crippen LogP contribution in [0.3, 0.4) is 0 Å². The van der Waals surface area contributed by atoms with Crippen molar-refractivity contribution in [3.8, 4) is 0 Å². The standard InChI is InChI=1S/C13H26N2O/c1-15(5-7-16-6-4-14)10-13-9-11-2-3-12(13)8-11/h11-13H,2-10,14H2,1H3. The van der Waals surface area contributed by atoms with Gasteiger partial charge in [0.2, 0.25) is 0 Å². The van der Waals surface area contributed by atoms with Crippen LogP contribution in [0.25, 0.3) is 0 Å². The van der Waals surface area contributed by atoms with E-state index in [9.17, 15) is 0 Å². The molecule has 0 spiro atoms. The Balaban J connectivity index is 1.58. The quantitative estimate of drug-likeness (QED) is 0.666. The van der Waals surface area contributed by atoms with E-state index >= 15 is 0 Å². The summed E-state index contributed by atoms with van der Waals surface area (Å²) in [5.74, 6) is 3.08. The molecule has 2 fully saturated rings. The zero-order valence-corrected chi connectivity index (χ0v) is 10.5. The minimum absolute atomic E-state index is 0.635. The smallest absolute Gasteiger partial charge is 0.0593 e. The second kappa shape index (κ2) is 5.99. The van der Waals surface area contributed by atoms with Crippen molar-refractivity contribution >= 4 is 0 Å². The molecule has 0 aromatic heterocycles. The molecule has 3 atom stereocenters. The average Bonchev–Trinajstić information content (AvgIpc) is 2.86. The number of fused-ring (bicyclic) bond motifs is 2. The lowest BCUT2D eigenvalue weighted by Crippen LogP contribution is -2.31. The molecule has 2 N–H and O–H groups in total. The molecule has 0 aliphatic heterocycles. The Morgan fingerprint density at radius 1 is 1.25 bits per heavy atom. The van der Waals surface area contributed by atoms with Gasteiger partial charge in [-0.15, -0.1) is 0 Å². The van der Waals surface area contributed by atoms with Crippen LogP contribution in [0.2, 0.25) is 0 Å². The normalized spacial score (nSPS) is 32.8. The lowest BCUT2D eigenvalue weighted by molar-refractivity contribution is 0.107. The third-order valence-electron chi connectivity index (χ3n) is 4.31. The molecule has 2 aliphatic rings. The van der Waals surface area contributed by atoms with Crippen LogP contribution in [0.4, 0.5) is 0 Å². The van der Waals surface area contributed by atoms with E-state index < -0.39 is 0 Å². The largest absolute Gasteiger partial charge is 0.379 e. The summed E-state index contributed by atoms with van der Waals surface area (Å²) in [4.78, 5) is 2.43. The number of rotatable bonds is 7. The van der Waals surface area contributed by atoms with Crippen molar-refractivity contribution in [2.75, 3.05) is 39.9 Å². The maximum Gasteiger partial charge on any atom is 0.0593 e. The monoisotopic (exact) mass is 226 g/mol. The lowest BCUT2D eigenvalue weighted by atomic mass is 9.88. The average molecular weight is 226 g/mol. The minimum Gasteiger partial charge on any atom is -0.379 e. The van der Waals surface area contributed by atoms with Crippen LogP contribution in [0.1, 0.15) is 25.7 Å². The SMILES string of the molecule is CN(CCOCCN)CC1CC2CCC1C2. The maximum absolute atomic E-state index is 5.41. The van der Waals surface area contributed by atoms with Gasteiger partial charge in [0, 0.05) is 19.6 Å². The summed E-state index contributed by atoms with van der Waals surface area (Å²) in [7, 11) is 2.22. The van der Waals surface area contributed by atoms with E-state index in [1.807, 2.05) is 0 Å². The van der Waals surface area contributed by atoms with E-state index in [4.69, 9.17) is 10.5 Å². The van der Waals surface area contributed by atoms with E-state index in [1.54, 1.807) is 0 Å². The fraction of sp³-hybridized carbons (Fsp3) is 1.00. The van der Waals surface area contributed by atoms with Gasteiger partial charge in [0.1, 0.15) is 0 Å². The summed E-state index contributed by atoms with van der Waals surface area (Å²) in [6.07, 6.45) is 6.00. The molecule has 3 heteroatoms.